The number of amides is 1. The van der Waals surface area contributed by atoms with E-state index < -0.39 is 0 Å². The zero-order chi connectivity index (χ0) is 20.3. The Labute approximate surface area is 172 Å². The highest BCUT2D eigenvalue weighted by atomic mass is 16.7. The summed E-state index contributed by atoms with van der Waals surface area (Å²) in [6.07, 6.45) is 3.60. The molecule has 0 spiro atoms. The Bertz CT molecular complexity index is 1190. The third-order valence-electron chi connectivity index (χ3n) is 4.77. The second-order valence-electron chi connectivity index (χ2n) is 6.75. The predicted molar refractivity (Wildman–Crippen MR) is 110 cm³/mol. The van der Waals surface area contributed by atoms with Gasteiger partial charge in [-0.2, -0.15) is 0 Å². The van der Waals surface area contributed by atoms with Gasteiger partial charge in [0.1, 0.15) is 5.69 Å². The number of carbonyl (C=O) groups is 1. The lowest BCUT2D eigenvalue weighted by molar-refractivity contribution is -0.115. The summed E-state index contributed by atoms with van der Waals surface area (Å²) < 4.78 is 16.4. The maximum absolute atomic E-state index is 12.6. The Hall–Kier alpha value is -4.13. The van der Waals surface area contributed by atoms with Crippen LogP contribution in [0.2, 0.25) is 0 Å². The van der Waals surface area contributed by atoms with Crippen LogP contribution in [0, 0.1) is 0 Å². The van der Waals surface area contributed by atoms with Gasteiger partial charge in [0, 0.05) is 18.0 Å². The van der Waals surface area contributed by atoms with Crippen LogP contribution in [0.4, 0.5) is 5.88 Å². The predicted octanol–water partition coefficient (Wildman–Crippen LogP) is 4.31. The van der Waals surface area contributed by atoms with Gasteiger partial charge in [-0.1, -0.05) is 35.5 Å². The number of anilines is 1. The molecule has 1 N–H and O–H groups in total. The average Bonchev–Trinajstić information content (AvgIpc) is 3.41. The zero-order valence-corrected chi connectivity index (χ0v) is 15.9. The molecule has 4 aromatic rings. The van der Waals surface area contributed by atoms with E-state index in [0.717, 1.165) is 16.7 Å². The van der Waals surface area contributed by atoms with Gasteiger partial charge in [-0.05, 0) is 41.5 Å². The molecule has 0 radical (unpaired) electrons. The zero-order valence-electron chi connectivity index (χ0n) is 15.9. The van der Waals surface area contributed by atoms with E-state index in [1.807, 2.05) is 60.7 Å². The molecule has 7 nitrogen and oxygen atoms in total. The summed E-state index contributed by atoms with van der Waals surface area (Å²) in [7, 11) is 0. The first-order chi connectivity index (χ1) is 14.8. The van der Waals surface area contributed by atoms with Gasteiger partial charge in [-0.25, -0.2) is 0 Å². The minimum atomic E-state index is -0.190. The summed E-state index contributed by atoms with van der Waals surface area (Å²) in [5, 5.41) is 7.10. The van der Waals surface area contributed by atoms with E-state index >= 15 is 0 Å². The number of benzene rings is 2. The molecule has 0 bridgehead atoms. The Morgan fingerprint density at radius 1 is 0.933 bits per heavy atom. The SMILES string of the molecule is O=C(Cc1ccccc1)Nc1onc(-c2ccc3c(c2)OCO3)c1-c1ccncc1. The van der Waals surface area contributed by atoms with E-state index in [4.69, 9.17) is 14.0 Å². The van der Waals surface area contributed by atoms with Crippen molar-refractivity contribution in [3.05, 3.63) is 78.6 Å². The van der Waals surface area contributed by atoms with Crippen LogP contribution in [0.3, 0.4) is 0 Å². The number of nitrogens with zero attached hydrogens (tertiary/aromatic N) is 2. The monoisotopic (exact) mass is 399 g/mol. The smallest absolute Gasteiger partial charge is 0.239 e. The molecule has 1 aliphatic rings. The van der Waals surface area contributed by atoms with E-state index in [0.29, 0.717) is 22.8 Å². The van der Waals surface area contributed by atoms with Crippen LogP contribution >= 0.6 is 0 Å². The lowest BCUT2D eigenvalue weighted by Gasteiger charge is -2.07. The molecule has 0 saturated carbocycles. The first-order valence-electron chi connectivity index (χ1n) is 9.42. The Balaban J connectivity index is 1.51. The highest BCUT2D eigenvalue weighted by molar-refractivity contribution is 5.98. The first kappa shape index (κ1) is 17.9. The van der Waals surface area contributed by atoms with Gasteiger partial charge in [0.15, 0.2) is 11.5 Å². The minimum absolute atomic E-state index is 0.190. The van der Waals surface area contributed by atoms with Crippen LogP contribution < -0.4 is 14.8 Å². The fourth-order valence-electron chi connectivity index (χ4n) is 3.35. The Kier molecular flexibility index (Phi) is 4.61. The summed E-state index contributed by atoms with van der Waals surface area (Å²) in [6.45, 7) is 0.190. The second-order valence-corrected chi connectivity index (χ2v) is 6.75. The molecule has 0 saturated heterocycles. The standard InChI is InChI=1S/C23H17N3O4/c27-20(12-15-4-2-1-3-5-15)25-23-21(16-8-10-24-11-9-16)22(26-30-23)17-6-7-18-19(13-17)29-14-28-18/h1-11,13H,12,14H2,(H,25,27). The quantitative estimate of drug-likeness (QED) is 0.538. The summed E-state index contributed by atoms with van der Waals surface area (Å²) in [5.74, 6) is 1.43. The van der Waals surface area contributed by atoms with Crippen molar-refractivity contribution < 1.29 is 18.8 Å². The summed E-state index contributed by atoms with van der Waals surface area (Å²) >= 11 is 0. The summed E-state index contributed by atoms with van der Waals surface area (Å²) in [6, 6.07) is 18.8. The highest BCUT2D eigenvalue weighted by Crippen LogP contribution is 2.41. The van der Waals surface area contributed by atoms with Crippen LogP contribution in [-0.4, -0.2) is 22.8 Å². The maximum atomic E-state index is 12.6. The third kappa shape index (κ3) is 3.48. The largest absolute Gasteiger partial charge is 0.454 e. The molecule has 30 heavy (non-hydrogen) atoms. The molecule has 1 amide bonds. The van der Waals surface area contributed by atoms with Gasteiger partial charge in [-0.15, -0.1) is 0 Å². The Morgan fingerprint density at radius 3 is 2.57 bits per heavy atom. The van der Waals surface area contributed by atoms with Crippen molar-refractivity contribution in [2.45, 2.75) is 6.42 Å². The van der Waals surface area contributed by atoms with E-state index in [1.54, 1.807) is 12.4 Å². The maximum Gasteiger partial charge on any atom is 0.239 e. The van der Waals surface area contributed by atoms with Gasteiger partial charge in [-0.3, -0.25) is 15.1 Å². The Morgan fingerprint density at radius 2 is 1.73 bits per heavy atom. The van der Waals surface area contributed by atoms with Gasteiger partial charge < -0.3 is 14.0 Å². The van der Waals surface area contributed by atoms with Crippen LogP contribution in [0.5, 0.6) is 11.5 Å². The number of carbonyl (C=O) groups excluding carboxylic acids is 1. The topological polar surface area (TPSA) is 86.5 Å². The van der Waals surface area contributed by atoms with Crippen LogP contribution in [0.15, 0.2) is 77.6 Å². The van der Waals surface area contributed by atoms with Crippen molar-refractivity contribution in [1.82, 2.24) is 10.1 Å². The molecule has 0 fully saturated rings. The van der Waals surface area contributed by atoms with Crippen molar-refractivity contribution in [2.24, 2.45) is 0 Å². The van der Waals surface area contributed by atoms with Crippen LogP contribution in [-0.2, 0) is 11.2 Å². The number of pyridine rings is 1. The fraction of sp³-hybridized carbons (Fsp3) is 0.0870. The van der Waals surface area contributed by atoms with Crippen molar-refractivity contribution in [2.75, 3.05) is 12.1 Å². The molecular formula is C23H17N3O4. The first-order valence-corrected chi connectivity index (χ1v) is 9.42. The van der Waals surface area contributed by atoms with Crippen LogP contribution in [0.1, 0.15) is 5.56 Å². The van der Waals surface area contributed by atoms with Crippen molar-refractivity contribution in [3.8, 4) is 33.9 Å². The molecule has 148 valence electrons. The van der Waals surface area contributed by atoms with E-state index in [2.05, 4.69) is 15.5 Å². The van der Waals surface area contributed by atoms with Gasteiger partial charge in [0.2, 0.25) is 18.6 Å². The van der Waals surface area contributed by atoms with E-state index in [9.17, 15) is 4.79 Å². The molecule has 5 rings (SSSR count). The molecular weight excluding hydrogens is 382 g/mol. The molecule has 2 aromatic heterocycles. The van der Waals surface area contributed by atoms with Gasteiger partial charge in [0.25, 0.3) is 0 Å². The van der Waals surface area contributed by atoms with Gasteiger partial charge in [0.05, 0.1) is 12.0 Å². The summed E-state index contributed by atoms with van der Waals surface area (Å²) in [5.41, 5.74) is 3.80. The molecule has 2 aromatic carbocycles. The molecule has 0 atom stereocenters. The molecule has 1 aliphatic heterocycles. The van der Waals surface area contributed by atoms with E-state index in [-0.39, 0.29) is 25.0 Å². The number of hydrogen-bond acceptors (Lipinski definition) is 6. The molecule has 3 heterocycles. The normalized spacial score (nSPS) is 12.0. The number of fused-ring (bicyclic) bond motifs is 1. The summed E-state index contributed by atoms with van der Waals surface area (Å²) in [4.78, 5) is 16.7. The fourth-order valence-corrected chi connectivity index (χ4v) is 3.35. The van der Waals surface area contributed by atoms with Crippen LogP contribution in [0.25, 0.3) is 22.4 Å². The lowest BCUT2D eigenvalue weighted by atomic mass is 10.0. The van der Waals surface area contributed by atoms with Crippen molar-refractivity contribution in [1.29, 1.82) is 0 Å². The number of hydrogen-bond donors (Lipinski definition) is 1. The minimum Gasteiger partial charge on any atom is -0.454 e. The van der Waals surface area contributed by atoms with E-state index in [1.165, 1.54) is 0 Å². The molecule has 7 heteroatoms. The number of aromatic nitrogens is 2. The second kappa shape index (κ2) is 7.71. The highest BCUT2D eigenvalue weighted by Gasteiger charge is 2.23. The lowest BCUT2D eigenvalue weighted by Crippen LogP contribution is -2.14. The molecule has 0 unspecified atom stereocenters. The van der Waals surface area contributed by atoms with Crippen molar-refractivity contribution >= 4 is 11.8 Å². The third-order valence-corrected chi connectivity index (χ3v) is 4.77. The molecule has 0 aliphatic carbocycles. The number of nitrogens with one attached hydrogen (secondary N) is 1. The van der Waals surface area contributed by atoms with Gasteiger partial charge >= 0.3 is 0 Å². The number of rotatable bonds is 5. The number of ether oxygens (including phenoxy) is 2. The average molecular weight is 399 g/mol. The van der Waals surface area contributed by atoms with Crippen molar-refractivity contribution in [3.63, 3.8) is 0 Å².